The number of rotatable bonds is 5. The van der Waals surface area contributed by atoms with E-state index in [0.717, 1.165) is 0 Å². The van der Waals surface area contributed by atoms with E-state index >= 15 is 0 Å². The minimum atomic E-state index is -3.81. The molecule has 0 aliphatic carbocycles. The van der Waals surface area contributed by atoms with Crippen molar-refractivity contribution in [2.45, 2.75) is 6.92 Å². The first kappa shape index (κ1) is 15.2. The Bertz CT molecular complexity index is 549. The normalized spacial score (nSPS) is 11.1. The topological polar surface area (TPSA) is 85.4 Å². The van der Waals surface area contributed by atoms with E-state index in [9.17, 15) is 13.2 Å². The standard InChI is InChI=1S/C9H10BrClN2O4S/c1-2-17-8(14)5-18(15,16)13-6-3-7(10)9(11)12-4-6/h3-4,13H,2,5H2,1H3. The molecule has 1 heterocycles. The molecule has 1 aromatic heterocycles. The van der Waals surface area contributed by atoms with Crippen molar-refractivity contribution in [3.8, 4) is 0 Å². The lowest BCUT2D eigenvalue weighted by molar-refractivity contribution is -0.139. The first-order chi connectivity index (χ1) is 8.34. The number of hydrogen-bond acceptors (Lipinski definition) is 5. The van der Waals surface area contributed by atoms with Crippen molar-refractivity contribution in [3.63, 3.8) is 0 Å². The van der Waals surface area contributed by atoms with Gasteiger partial charge in [-0.3, -0.25) is 9.52 Å². The second-order valence-electron chi connectivity index (χ2n) is 3.16. The Hall–Kier alpha value is -0.860. The molecule has 0 fully saturated rings. The average molecular weight is 358 g/mol. The molecule has 0 atom stereocenters. The van der Waals surface area contributed by atoms with E-state index < -0.39 is 21.7 Å². The van der Waals surface area contributed by atoms with Gasteiger partial charge in [-0.25, -0.2) is 13.4 Å². The van der Waals surface area contributed by atoms with Crippen LogP contribution in [0.2, 0.25) is 5.15 Å². The molecule has 0 unspecified atom stereocenters. The molecule has 18 heavy (non-hydrogen) atoms. The Labute approximate surface area is 118 Å². The maximum Gasteiger partial charge on any atom is 0.323 e. The highest BCUT2D eigenvalue weighted by Crippen LogP contribution is 2.23. The van der Waals surface area contributed by atoms with Gasteiger partial charge in [-0.05, 0) is 28.9 Å². The molecule has 0 aliphatic rings. The van der Waals surface area contributed by atoms with Crippen molar-refractivity contribution >= 4 is 49.2 Å². The Morgan fingerprint density at radius 2 is 2.28 bits per heavy atom. The van der Waals surface area contributed by atoms with Crippen LogP contribution in [0.25, 0.3) is 0 Å². The summed E-state index contributed by atoms with van der Waals surface area (Å²) in [5, 5.41) is 0.211. The van der Waals surface area contributed by atoms with Crippen LogP contribution in [0.15, 0.2) is 16.7 Å². The lowest BCUT2D eigenvalue weighted by Gasteiger charge is -2.07. The molecule has 0 bridgehead atoms. The molecule has 0 amide bonds. The zero-order valence-corrected chi connectivity index (χ0v) is 12.5. The average Bonchev–Trinajstić information content (AvgIpc) is 2.22. The summed E-state index contributed by atoms with van der Waals surface area (Å²) >= 11 is 8.78. The van der Waals surface area contributed by atoms with Crippen molar-refractivity contribution in [1.82, 2.24) is 4.98 Å². The number of sulfonamides is 1. The van der Waals surface area contributed by atoms with Gasteiger partial charge < -0.3 is 4.74 Å². The highest BCUT2D eigenvalue weighted by molar-refractivity contribution is 9.10. The zero-order chi connectivity index (χ0) is 13.8. The quantitative estimate of drug-likeness (QED) is 0.641. The number of aromatic nitrogens is 1. The predicted octanol–water partition coefficient (Wildman–Crippen LogP) is 1.80. The van der Waals surface area contributed by atoms with Crippen LogP contribution < -0.4 is 4.72 Å². The van der Waals surface area contributed by atoms with E-state index in [1.807, 2.05) is 0 Å². The lowest BCUT2D eigenvalue weighted by Crippen LogP contribution is -2.24. The van der Waals surface area contributed by atoms with Gasteiger partial charge in [-0.15, -0.1) is 0 Å². The molecule has 0 aromatic carbocycles. The SMILES string of the molecule is CCOC(=O)CS(=O)(=O)Nc1cnc(Cl)c(Br)c1. The van der Waals surface area contributed by atoms with E-state index in [1.165, 1.54) is 12.3 Å². The third-order valence-corrected chi connectivity index (χ3v) is 3.98. The summed E-state index contributed by atoms with van der Waals surface area (Å²) in [6, 6.07) is 1.44. The molecule has 1 N–H and O–H groups in total. The van der Waals surface area contributed by atoms with Gasteiger partial charge in [0.05, 0.1) is 23.0 Å². The minimum absolute atomic E-state index is 0.127. The van der Waals surface area contributed by atoms with E-state index in [1.54, 1.807) is 6.92 Å². The molecular formula is C9H10BrClN2O4S. The summed E-state index contributed by atoms with van der Waals surface area (Å²) in [4.78, 5) is 14.8. The molecule has 100 valence electrons. The van der Waals surface area contributed by atoms with Crippen molar-refractivity contribution in [1.29, 1.82) is 0 Å². The van der Waals surface area contributed by atoms with Gasteiger partial charge in [0.2, 0.25) is 10.0 Å². The maximum absolute atomic E-state index is 11.6. The molecule has 9 heteroatoms. The van der Waals surface area contributed by atoms with Gasteiger partial charge in [-0.2, -0.15) is 0 Å². The largest absolute Gasteiger partial charge is 0.465 e. The number of halogens is 2. The molecule has 1 rings (SSSR count). The van der Waals surface area contributed by atoms with Crippen LogP contribution >= 0.6 is 27.5 Å². The Morgan fingerprint density at radius 1 is 1.61 bits per heavy atom. The van der Waals surface area contributed by atoms with Crippen molar-refractivity contribution in [2.24, 2.45) is 0 Å². The first-order valence-corrected chi connectivity index (χ1v) is 7.63. The summed E-state index contributed by atoms with van der Waals surface area (Å²) in [6.45, 7) is 1.72. The number of pyridine rings is 1. The summed E-state index contributed by atoms with van der Waals surface area (Å²) in [5.74, 6) is -1.56. The Morgan fingerprint density at radius 3 is 2.83 bits per heavy atom. The molecule has 6 nitrogen and oxygen atoms in total. The van der Waals surface area contributed by atoms with Crippen LogP contribution in [0.4, 0.5) is 5.69 Å². The number of anilines is 1. The van der Waals surface area contributed by atoms with Gasteiger partial charge in [-0.1, -0.05) is 11.6 Å². The van der Waals surface area contributed by atoms with Crippen molar-refractivity contribution < 1.29 is 17.9 Å². The van der Waals surface area contributed by atoms with E-state index in [4.69, 9.17) is 11.6 Å². The van der Waals surface area contributed by atoms with Crippen molar-refractivity contribution in [2.75, 3.05) is 17.1 Å². The van der Waals surface area contributed by atoms with Crippen LogP contribution in [-0.4, -0.2) is 31.7 Å². The predicted molar refractivity (Wildman–Crippen MR) is 71.0 cm³/mol. The van der Waals surface area contributed by atoms with Crippen molar-refractivity contribution in [3.05, 3.63) is 21.9 Å². The van der Waals surface area contributed by atoms with Crippen LogP contribution in [-0.2, 0) is 19.6 Å². The van der Waals surface area contributed by atoms with Gasteiger partial charge >= 0.3 is 5.97 Å². The highest BCUT2D eigenvalue weighted by atomic mass is 79.9. The first-order valence-electron chi connectivity index (χ1n) is 4.81. The Balaban J connectivity index is 2.76. The Kier molecular flexibility index (Phi) is 5.36. The molecule has 0 radical (unpaired) electrons. The number of nitrogens with one attached hydrogen (secondary N) is 1. The zero-order valence-electron chi connectivity index (χ0n) is 9.31. The maximum atomic E-state index is 11.6. The van der Waals surface area contributed by atoms with E-state index in [-0.39, 0.29) is 17.4 Å². The molecule has 0 saturated heterocycles. The van der Waals surface area contributed by atoms with Crippen LogP contribution in [0.5, 0.6) is 0 Å². The van der Waals surface area contributed by atoms with Crippen LogP contribution in [0.3, 0.4) is 0 Å². The fraction of sp³-hybridized carbons (Fsp3) is 0.333. The number of carbonyl (C=O) groups is 1. The monoisotopic (exact) mass is 356 g/mol. The number of ether oxygens (including phenoxy) is 1. The third-order valence-electron chi connectivity index (χ3n) is 1.68. The van der Waals surface area contributed by atoms with Gasteiger partial charge in [0, 0.05) is 0 Å². The minimum Gasteiger partial charge on any atom is -0.465 e. The fourth-order valence-corrected chi connectivity index (χ4v) is 2.44. The van der Waals surface area contributed by atoms with Crippen LogP contribution in [0, 0.1) is 0 Å². The second kappa shape index (κ2) is 6.35. The number of esters is 1. The number of nitrogens with zero attached hydrogens (tertiary/aromatic N) is 1. The molecule has 1 aromatic rings. The molecule has 0 aliphatic heterocycles. The van der Waals surface area contributed by atoms with Gasteiger partial charge in [0.15, 0.2) is 5.75 Å². The summed E-state index contributed by atoms with van der Waals surface area (Å²) < 4.78 is 30.4. The smallest absolute Gasteiger partial charge is 0.323 e. The van der Waals surface area contributed by atoms with Gasteiger partial charge in [0.1, 0.15) is 5.15 Å². The van der Waals surface area contributed by atoms with E-state index in [2.05, 4.69) is 30.4 Å². The van der Waals surface area contributed by atoms with Crippen LogP contribution in [0.1, 0.15) is 6.92 Å². The summed E-state index contributed by atoms with van der Waals surface area (Å²) in [5.41, 5.74) is 0.204. The summed E-state index contributed by atoms with van der Waals surface area (Å²) in [7, 11) is -3.81. The van der Waals surface area contributed by atoms with Gasteiger partial charge in [0.25, 0.3) is 0 Å². The fourth-order valence-electron chi connectivity index (χ4n) is 1.05. The third kappa shape index (κ3) is 4.79. The second-order valence-corrected chi connectivity index (χ2v) is 6.10. The molecule has 0 spiro atoms. The molecular weight excluding hydrogens is 348 g/mol. The van der Waals surface area contributed by atoms with E-state index in [0.29, 0.717) is 4.47 Å². The molecule has 0 saturated carbocycles. The highest BCUT2D eigenvalue weighted by Gasteiger charge is 2.17. The lowest BCUT2D eigenvalue weighted by atomic mass is 10.4. The number of hydrogen-bond donors (Lipinski definition) is 1. The number of carbonyl (C=O) groups excluding carboxylic acids is 1. The summed E-state index contributed by atoms with van der Waals surface area (Å²) in [6.07, 6.45) is 1.25.